The van der Waals surface area contributed by atoms with Crippen molar-refractivity contribution < 1.29 is 0 Å². The Morgan fingerprint density at radius 1 is 1.33 bits per heavy atom. The molecule has 1 aromatic heterocycles. The van der Waals surface area contributed by atoms with E-state index in [-0.39, 0.29) is 0 Å². The molecule has 1 heterocycles. The Bertz CT molecular complexity index is 441. The highest BCUT2D eigenvalue weighted by Crippen LogP contribution is 2.51. The lowest BCUT2D eigenvalue weighted by molar-refractivity contribution is 0.572. The topological polar surface area (TPSA) is 75.9 Å². The van der Waals surface area contributed by atoms with E-state index in [4.69, 9.17) is 5.84 Å². The van der Waals surface area contributed by atoms with E-state index in [1.165, 1.54) is 6.42 Å². The van der Waals surface area contributed by atoms with Gasteiger partial charge in [-0.2, -0.15) is 0 Å². The number of hydrogen-bond donors (Lipinski definition) is 3. The van der Waals surface area contributed by atoms with Crippen LogP contribution < -0.4 is 16.6 Å². The lowest BCUT2D eigenvalue weighted by atomic mass is 10.1. The average Bonchev–Trinajstić information content (AvgIpc) is 2.96. The highest BCUT2D eigenvalue weighted by atomic mass is 15.3. The normalized spacial score (nSPS) is 20.6. The van der Waals surface area contributed by atoms with Crippen LogP contribution >= 0.6 is 0 Å². The van der Waals surface area contributed by atoms with Crippen molar-refractivity contribution in [2.24, 2.45) is 17.2 Å². The van der Waals surface area contributed by atoms with Crippen LogP contribution in [0.1, 0.15) is 38.6 Å². The van der Waals surface area contributed by atoms with Gasteiger partial charge in [0.2, 0.25) is 0 Å². The third-order valence-corrected chi connectivity index (χ3v) is 3.88. The third kappa shape index (κ3) is 2.56. The molecule has 5 nitrogen and oxygen atoms in total. The van der Waals surface area contributed by atoms with Crippen molar-refractivity contribution in [3.05, 3.63) is 11.4 Å². The molecule has 1 aromatic rings. The summed E-state index contributed by atoms with van der Waals surface area (Å²) >= 11 is 0. The summed E-state index contributed by atoms with van der Waals surface area (Å²) < 4.78 is 0. The fraction of sp³-hybridized carbons (Fsp3) is 0.692. The monoisotopic (exact) mass is 249 g/mol. The van der Waals surface area contributed by atoms with Crippen LogP contribution in [0, 0.1) is 18.3 Å². The molecule has 1 aliphatic rings. The molecule has 1 fully saturated rings. The quantitative estimate of drug-likeness (QED) is 0.550. The molecule has 1 unspecified atom stereocenters. The first-order valence-electron chi connectivity index (χ1n) is 6.56. The SMILES string of the molecule is CCc1nc(NN)c(C)c(NCC2CC2(C)C)n1. The molecule has 0 bridgehead atoms. The minimum absolute atomic E-state index is 0.483. The zero-order valence-corrected chi connectivity index (χ0v) is 11.7. The zero-order chi connectivity index (χ0) is 13.3. The predicted octanol–water partition coefficient (Wildman–Crippen LogP) is 2.09. The van der Waals surface area contributed by atoms with Crippen LogP contribution in [0.2, 0.25) is 0 Å². The molecular formula is C13H23N5. The predicted molar refractivity (Wildman–Crippen MR) is 74.3 cm³/mol. The molecule has 18 heavy (non-hydrogen) atoms. The number of hydrogen-bond acceptors (Lipinski definition) is 5. The first-order valence-corrected chi connectivity index (χ1v) is 6.56. The van der Waals surface area contributed by atoms with Gasteiger partial charge < -0.3 is 10.7 Å². The lowest BCUT2D eigenvalue weighted by Gasteiger charge is -2.13. The van der Waals surface area contributed by atoms with Crippen molar-refractivity contribution in [2.75, 3.05) is 17.3 Å². The smallest absolute Gasteiger partial charge is 0.148 e. The fourth-order valence-corrected chi connectivity index (χ4v) is 2.18. The summed E-state index contributed by atoms with van der Waals surface area (Å²) in [5, 5.41) is 3.43. The van der Waals surface area contributed by atoms with Gasteiger partial charge in [0.05, 0.1) is 0 Å². The summed E-state index contributed by atoms with van der Waals surface area (Å²) in [4.78, 5) is 8.88. The molecule has 0 amide bonds. The van der Waals surface area contributed by atoms with Gasteiger partial charge in [0.25, 0.3) is 0 Å². The zero-order valence-electron chi connectivity index (χ0n) is 11.7. The number of aromatic nitrogens is 2. The molecule has 1 atom stereocenters. The van der Waals surface area contributed by atoms with E-state index in [0.29, 0.717) is 11.2 Å². The second-order valence-electron chi connectivity index (χ2n) is 5.73. The van der Waals surface area contributed by atoms with Crippen LogP contribution in [0.4, 0.5) is 11.6 Å². The first-order chi connectivity index (χ1) is 8.47. The molecular weight excluding hydrogens is 226 g/mol. The minimum Gasteiger partial charge on any atom is -0.369 e. The molecule has 0 radical (unpaired) electrons. The molecule has 1 aliphatic carbocycles. The van der Waals surface area contributed by atoms with Crippen LogP contribution in [0.3, 0.4) is 0 Å². The van der Waals surface area contributed by atoms with Crippen molar-refractivity contribution in [3.8, 4) is 0 Å². The van der Waals surface area contributed by atoms with Crippen LogP contribution in [0.15, 0.2) is 0 Å². The van der Waals surface area contributed by atoms with Crippen LogP contribution in [-0.2, 0) is 6.42 Å². The van der Waals surface area contributed by atoms with E-state index < -0.39 is 0 Å². The van der Waals surface area contributed by atoms with E-state index in [0.717, 1.165) is 36.1 Å². The highest BCUT2D eigenvalue weighted by Gasteiger charge is 2.45. The number of aryl methyl sites for hydroxylation is 1. The Hall–Kier alpha value is -1.36. The Kier molecular flexibility index (Phi) is 3.43. The standard InChI is InChI=1S/C13H23N5/c1-5-10-16-11(8(2)12(17-10)18-14)15-7-9-6-13(9,3)4/h9H,5-7,14H2,1-4H3,(H2,15,16,17,18). The number of nitrogen functional groups attached to an aromatic ring is 1. The maximum Gasteiger partial charge on any atom is 0.148 e. The number of hydrazine groups is 1. The number of nitrogens with one attached hydrogen (secondary N) is 2. The molecule has 1 saturated carbocycles. The van der Waals surface area contributed by atoms with Crippen LogP contribution in [0.5, 0.6) is 0 Å². The summed E-state index contributed by atoms with van der Waals surface area (Å²) in [7, 11) is 0. The van der Waals surface area contributed by atoms with Gasteiger partial charge in [-0.25, -0.2) is 15.8 Å². The van der Waals surface area contributed by atoms with E-state index in [1.54, 1.807) is 0 Å². The van der Waals surface area contributed by atoms with Gasteiger partial charge in [0, 0.05) is 18.5 Å². The van der Waals surface area contributed by atoms with Gasteiger partial charge in [-0.05, 0) is 24.7 Å². The fourth-order valence-electron chi connectivity index (χ4n) is 2.18. The number of rotatable bonds is 5. The molecule has 100 valence electrons. The van der Waals surface area contributed by atoms with Crippen molar-refractivity contribution in [2.45, 2.75) is 40.5 Å². The average molecular weight is 249 g/mol. The Labute approximate surface area is 109 Å². The number of nitrogens with zero attached hydrogens (tertiary/aromatic N) is 2. The second-order valence-corrected chi connectivity index (χ2v) is 5.73. The summed E-state index contributed by atoms with van der Waals surface area (Å²) in [6, 6.07) is 0. The van der Waals surface area contributed by atoms with Crippen molar-refractivity contribution >= 4 is 11.6 Å². The maximum atomic E-state index is 5.49. The largest absolute Gasteiger partial charge is 0.369 e. The molecule has 4 N–H and O–H groups in total. The van der Waals surface area contributed by atoms with Gasteiger partial charge >= 0.3 is 0 Å². The Morgan fingerprint density at radius 3 is 2.44 bits per heavy atom. The maximum absolute atomic E-state index is 5.49. The summed E-state index contributed by atoms with van der Waals surface area (Å²) in [5.41, 5.74) is 4.10. The number of anilines is 2. The minimum atomic E-state index is 0.483. The van der Waals surface area contributed by atoms with Crippen LogP contribution in [0.25, 0.3) is 0 Å². The molecule has 0 spiro atoms. The molecule has 5 heteroatoms. The van der Waals surface area contributed by atoms with E-state index in [2.05, 4.69) is 34.6 Å². The van der Waals surface area contributed by atoms with Crippen molar-refractivity contribution in [3.63, 3.8) is 0 Å². The van der Waals surface area contributed by atoms with E-state index in [1.807, 2.05) is 13.8 Å². The lowest BCUT2D eigenvalue weighted by Crippen LogP contribution is -2.16. The van der Waals surface area contributed by atoms with Crippen molar-refractivity contribution in [1.82, 2.24) is 9.97 Å². The van der Waals surface area contributed by atoms with Crippen LogP contribution in [-0.4, -0.2) is 16.5 Å². The van der Waals surface area contributed by atoms with Crippen molar-refractivity contribution in [1.29, 1.82) is 0 Å². The molecule has 2 rings (SSSR count). The second kappa shape index (κ2) is 4.72. The molecule has 0 aromatic carbocycles. The summed E-state index contributed by atoms with van der Waals surface area (Å²) in [6.45, 7) is 9.60. The first kappa shape index (κ1) is 13.1. The Balaban J connectivity index is 2.11. The number of nitrogens with two attached hydrogens (primary N) is 1. The van der Waals surface area contributed by atoms with Gasteiger partial charge in [-0.3, -0.25) is 0 Å². The van der Waals surface area contributed by atoms with Gasteiger partial charge in [0.15, 0.2) is 0 Å². The van der Waals surface area contributed by atoms with Gasteiger partial charge in [-0.15, -0.1) is 0 Å². The highest BCUT2D eigenvalue weighted by molar-refractivity contribution is 5.56. The summed E-state index contributed by atoms with van der Waals surface area (Å²) in [5.74, 6) is 8.65. The van der Waals surface area contributed by atoms with Gasteiger partial charge in [-0.1, -0.05) is 20.8 Å². The van der Waals surface area contributed by atoms with Gasteiger partial charge in [0.1, 0.15) is 17.5 Å². The van der Waals surface area contributed by atoms with E-state index >= 15 is 0 Å². The summed E-state index contributed by atoms with van der Waals surface area (Å²) in [6.07, 6.45) is 2.09. The molecule has 0 saturated heterocycles. The third-order valence-electron chi connectivity index (χ3n) is 3.88. The van der Waals surface area contributed by atoms with E-state index in [9.17, 15) is 0 Å². The molecule has 0 aliphatic heterocycles. The Morgan fingerprint density at radius 2 is 1.94 bits per heavy atom.